The van der Waals surface area contributed by atoms with Gasteiger partial charge in [0.1, 0.15) is 0 Å². The van der Waals surface area contributed by atoms with Gasteiger partial charge in [-0.25, -0.2) is 4.98 Å². The number of hydrogen-bond donors (Lipinski definition) is 1. The average Bonchev–Trinajstić information content (AvgIpc) is 2.75. The molecule has 72 valence electrons. The molecular weight excluding hydrogens is 182 g/mol. The summed E-state index contributed by atoms with van der Waals surface area (Å²) in [7, 11) is 0. The lowest BCUT2D eigenvalue weighted by atomic mass is 10.3. The fourth-order valence-electron chi connectivity index (χ4n) is 1.54. The topological polar surface area (TPSA) is 42.1 Å². The molecule has 0 amide bonds. The van der Waals surface area contributed by atoms with Crippen molar-refractivity contribution in [1.82, 2.24) is 4.98 Å². The first kappa shape index (κ1) is 8.97. The Labute approximate surface area is 82.6 Å². The number of hydrogen-bond acceptors (Lipinski definition) is 4. The normalized spacial score (nSPS) is 19.4. The highest BCUT2D eigenvalue weighted by Gasteiger charge is 2.16. The van der Waals surface area contributed by atoms with Gasteiger partial charge in [0, 0.05) is 30.2 Å². The van der Waals surface area contributed by atoms with Crippen molar-refractivity contribution in [2.45, 2.75) is 25.8 Å². The molecule has 13 heavy (non-hydrogen) atoms. The highest BCUT2D eigenvalue weighted by atomic mass is 32.1. The van der Waals surface area contributed by atoms with Crippen LogP contribution in [0.15, 0.2) is 6.20 Å². The highest BCUT2D eigenvalue weighted by molar-refractivity contribution is 7.15. The maximum absolute atomic E-state index is 5.78. The van der Waals surface area contributed by atoms with E-state index in [9.17, 15) is 0 Å². The van der Waals surface area contributed by atoms with Gasteiger partial charge in [0.2, 0.25) is 0 Å². The molecule has 1 atom stereocenters. The van der Waals surface area contributed by atoms with Crippen LogP contribution in [0, 0.1) is 0 Å². The first-order valence-electron chi connectivity index (χ1n) is 4.73. The van der Waals surface area contributed by atoms with Crippen LogP contribution < -0.4 is 10.6 Å². The number of aromatic nitrogens is 1. The summed E-state index contributed by atoms with van der Waals surface area (Å²) in [6.07, 6.45) is 4.50. The maximum atomic E-state index is 5.78. The van der Waals surface area contributed by atoms with Crippen molar-refractivity contribution in [2.24, 2.45) is 5.73 Å². The van der Waals surface area contributed by atoms with Gasteiger partial charge in [-0.05, 0) is 19.8 Å². The van der Waals surface area contributed by atoms with Crippen LogP contribution in [-0.2, 0) is 0 Å². The monoisotopic (exact) mass is 197 g/mol. The first-order chi connectivity index (χ1) is 6.27. The molecular formula is C9H15N3S. The third-order valence-corrected chi connectivity index (χ3v) is 3.60. The first-order valence-corrected chi connectivity index (χ1v) is 5.55. The minimum absolute atomic E-state index is 0.119. The molecule has 3 nitrogen and oxygen atoms in total. The van der Waals surface area contributed by atoms with Crippen molar-refractivity contribution in [3.63, 3.8) is 0 Å². The zero-order chi connectivity index (χ0) is 9.26. The molecule has 0 radical (unpaired) electrons. The third kappa shape index (κ3) is 1.84. The molecule has 1 unspecified atom stereocenters. The van der Waals surface area contributed by atoms with Gasteiger partial charge in [0.25, 0.3) is 0 Å². The predicted octanol–water partition coefficient (Wildman–Crippen LogP) is 1.76. The third-order valence-electron chi connectivity index (χ3n) is 2.34. The molecule has 0 aliphatic carbocycles. The predicted molar refractivity (Wildman–Crippen MR) is 56.2 cm³/mol. The van der Waals surface area contributed by atoms with Crippen LogP contribution in [0.2, 0.25) is 0 Å². The molecule has 0 bridgehead atoms. The Kier molecular flexibility index (Phi) is 2.51. The Bertz CT molecular complexity index is 276. The minimum atomic E-state index is 0.119. The van der Waals surface area contributed by atoms with Crippen LogP contribution in [-0.4, -0.2) is 18.1 Å². The lowest BCUT2D eigenvalue weighted by Crippen LogP contribution is -2.16. The molecule has 1 aliphatic heterocycles. The molecule has 1 aromatic heterocycles. The second kappa shape index (κ2) is 3.64. The Morgan fingerprint density at radius 2 is 2.23 bits per heavy atom. The lowest BCUT2D eigenvalue weighted by Gasteiger charge is -2.12. The van der Waals surface area contributed by atoms with Crippen LogP contribution in [0.25, 0.3) is 0 Å². The largest absolute Gasteiger partial charge is 0.348 e. The molecule has 2 N–H and O–H groups in total. The van der Waals surface area contributed by atoms with Crippen molar-refractivity contribution in [2.75, 3.05) is 18.0 Å². The number of nitrogens with zero attached hydrogens (tertiary/aromatic N) is 2. The van der Waals surface area contributed by atoms with Crippen LogP contribution in [0.4, 0.5) is 5.13 Å². The minimum Gasteiger partial charge on any atom is -0.348 e. The van der Waals surface area contributed by atoms with E-state index in [0.717, 1.165) is 18.2 Å². The fourth-order valence-corrected chi connectivity index (χ4v) is 2.46. The second-order valence-electron chi connectivity index (χ2n) is 3.53. The molecule has 2 heterocycles. The van der Waals surface area contributed by atoms with E-state index in [2.05, 4.69) is 9.88 Å². The quantitative estimate of drug-likeness (QED) is 0.785. The molecule has 2 rings (SSSR count). The Morgan fingerprint density at radius 3 is 2.77 bits per heavy atom. The van der Waals surface area contributed by atoms with Gasteiger partial charge in [-0.3, -0.25) is 0 Å². The van der Waals surface area contributed by atoms with Gasteiger partial charge < -0.3 is 10.6 Å². The number of thiazole rings is 1. The van der Waals surface area contributed by atoms with E-state index in [1.807, 2.05) is 13.1 Å². The van der Waals surface area contributed by atoms with E-state index < -0.39 is 0 Å². The van der Waals surface area contributed by atoms with Crippen LogP contribution in [0.3, 0.4) is 0 Å². The maximum Gasteiger partial charge on any atom is 0.185 e. The summed E-state index contributed by atoms with van der Waals surface area (Å²) in [5.41, 5.74) is 5.78. The molecule has 0 spiro atoms. The molecule has 1 aliphatic rings. The Morgan fingerprint density at radius 1 is 1.54 bits per heavy atom. The molecule has 1 fully saturated rings. The van der Waals surface area contributed by atoms with Gasteiger partial charge in [-0.1, -0.05) is 0 Å². The van der Waals surface area contributed by atoms with E-state index in [4.69, 9.17) is 5.73 Å². The van der Waals surface area contributed by atoms with Crippen LogP contribution in [0.5, 0.6) is 0 Å². The van der Waals surface area contributed by atoms with Crippen LogP contribution >= 0.6 is 11.3 Å². The van der Waals surface area contributed by atoms with E-state index in [0.29, 0.717) is 0 Å². The van der Waals surface area contributed by atoms with Crippen molar-refractivity contribution in [1.29, 1.82) is 0 Å². The number of rotatable bonds is 2. The highest BCUT2D eigenvalue weighted by Crippen LogP contribution is 2.28. The van der Waals surface area contributed by atoms with E-state index in [1.165, 1.54) is 17.7 Å². The Balaban J connectivity index is 2.12. The lowest BCUT2D eigenvalue weighted by molar-refractivity contribution is 0.835. The van der Waals surface area contributed by atoms with E-state index >= 15 is 0 Å². The molecule has 1 aromatic rings. The number of nitrogens with two attached hydrogens (primary N) is 1. The summed E-state index contributed by atoms with van der Waals surface area (Å²) in [5.74, 6) is 0. The van der Waals surface area contributed by atoms with E-state index in [1.54, 1.807) is 11.3 Å². The van der Waals surface area contributed by atoms with Crippen LogP contribution in [0.1, 0.15) is 30.7 Å². The van der Waals surface area contributed by atoms with Gasteiger partial charge in [0.15, 0.2) is 5.13 Å². The molecule has 1 saturated heterocycles. The van der Waals surface area contributed by atoms with Gasteiger partial charge in [0.05, 0.1) is 0 Å². The summed E-state index contributed by atoms with van der Waals surface area (Å²) in [6.45, 7) is 4.32. The summed E-state index contributed by atoms with van der Waals surface area (Å²) in [5, 5.41) is 1.14. The van der Waals surface area contributed by atoms with Gasteiger partial charge >= 0.3 is 0 Å². The molecule has 4 heteroatoms. The Hall–Kier alpha value is -0.610. The summed E-state index contributed by atoms with van der Waals surface area (Å²) in [6, 6.07) is 0.119. The van der Waals surface area contributed by atoms with Crippen molar-refractivity contribution >= 4 is 16.5 Å². The fraction of sp³-hybridized carbons (Fsp3) is 0.667. The standard InChI is InChI=1S/C9H15N3S/c1-7(10)8-6-11-9(13-8)12-4-2-3-5-12/h6-7H,2-5,10H2,1H3. The molecule has 0 saturated carbocycles. The molecule has 0 aromatic carbocycles. The SMILES string of the molecule is CC(N)c1cnc(N2CCCC2)s1. The van der Waals surface area contributed by atoms with Crippen molar-refractivity contribution in [3.8, 4) is 0 Å². The van der Waals surface area contributed by atoms with Crippen molar-refractivity contribution < 1.29 is 0 Å². The van der Waals surface area contributed by atoms with Gasteiger partial charge in [-0.2, -0.15) is 0 Å². The summed E-state index contributed by atoms with van der Waals surface area (Å²) >= 11 is 1.73. The smallest absolute Gasteiger partial charge is 0.185 e. The van der Waals surface area contributed by atoms with Crippen molar-refractivity contribution in [3.05, 3.63) is 11.1 Å². The number of anilines is 1. The van der Waals surface area contributed by atoms with E-state index in [-0.39, 0.29) is 6.04 Å². The second-order valence-corrected chi connectivity index (χ2v) is 4.57. The zero-order valence-electron chi connectivity index (χ0n) is 7.86. The summed E-state index contributed by atoms with van der Waals surface area (Å²) < 4.78 is 0. The van der Waals surface area contributed by atoms with Gasteiger partial charge in [-0.15, -0.1) is 11.3 Å². The summed E-state index contributed by atoms with van der Waals surface area (Å²) in [4.78, 5) is 7.91. The average molecular weight is 197 g/mol. The zero-order valence-corrected chi connectivity index (χ0v) is 8.68.